The SMILES string of the molecule is CC=O.CNc1cccc(OCCCCc2ncnc3scc(-c4ccccc4)c23)c1. The van der Waals surface area contributed by atoms with Crippen molar-refractivity contribution in [2.45, 2.75) is 26.2 Å². The number of aldehydes is 1. The van der Waals surface area contributed by atoms with Gasteiger partial charge in [-0.3, -0.25) is 0 Å². The summed E-state index contributed by atoms with van der Waals surface area (Å²) in [6.07, 6.45) is 5.38. The maximum absolute atomic E-state index is 8.81. The number of anilines is 1. The number of thiophene rings is 1. The Kier molecular flexibility index (Phi) is 8.55. The van der Waals surface area contributed by atoms with E-state index >= 15 is 0 Å². The molecule has 0 aliphatic rings. The van der Waals surface area contributed by atoms with Crippen molar-refractivity contribution in [1.82, 2.24) is 9.97 Å². The lowest BCUT2D eigenvalue weighted by atomic mass is 10.0. The Bertz CT molecular complexity index is 1100. The van der Waals surface area contributed by atoms with Gasteiger partial charge in [0.2, 0.25) is 0 Å². The fraction of sp³-hybridized carbons (Fsp3) is 0.240. The molecular formula is C25H27N3O2S. The van der Waals surface area contributed by atoms with Crippen LogP contribution in [0.2, 0.25) is 0 Å². The van der Waals surface area contributed by atoms with Crippen LogP contribution in [0.5, 0.6) is 5.75 Å². The topological polar surface area (TPSA) is 64.1 Å². The summed E-state index contributed by atoms with van der Waals surface area (Å²) in [5.74, 6) is 0.903. The monoisotopic (exact) mass is 433 g/mol. The van der Waals surface area contributed by atoms with Gasteiger partial charge in [-0.15, -0.1) is 11.3 Å². The summed E-state index contributed by atoms with van der Waals surface area (Å²) >= 11 is 1.69. The molecule has 2 heterocycles. The first kappa shape index (κ1) is 22.4. The van der Waals surface area contributed by atoms with Gasteiger partial charge < -0.3 is 14.8 Å². The number of benzene rings is 2. The number of aromatic nitrogens is 2. The highest BCUT2D eigenvalue weighted by atomic mass is 32.1. The van der Waals surface area contributed by atoms with Crippen LogP contribution in [0.15, 0.2) is 66.3 Å². The second kappa shape index (κ2) is 11.8. The first-order valence-electron chi connectivity index (χ1n) is 10.3. The van der Waals surface area contributed by atoms with Gasteiger partial charge in [-0.25, -0.2) is 9.97 Å². The molecule has 0 radical (unpaired) electrons. The van der Waals surface area contributed by atoms with Crippen LogP contribution in [0.3, 0.4) is 0 Å². The van der Waals surface area contributed by atoms with E-state index in [2.05, 4.69) is 44.9 Å². The van der Waals surface area contributed by atoms with E-state index in [4.69, 9.17) is 9.53 Å². The van der Waals surface area contributed by atoms with Crippen molar-refractivity contribution in [2.24, 2.45) is 0 Å². The molecule has 0 aliphatic heterocycles. The van der Waals surface area contributed by atoms with Gasteiger partial charge >= 0.3 is 0 Å². The van der Waals surface area contributed by atoms with Crippen LogP contribution in [0.1, 0.15) is 25.5 Å². The predicted molar refractivity (Wildman–Crippen MR) is 129 cm³/mol. The van der Waals surface area contributed by atoms with E-state index in [-0.39, 0.29) is 0 Å². The molecule has 5 nitrogen and oxygen atoms in total. The quantitative estimate of drug-likeness (QED) is 0.272. The van der Waals surface area contributed by atoms with Crippen LogP contribution in [0.4, 0.5) is 5.69 Å². The number of hydrogen-bond donors (Lipinski definition) is 1. The zero-order chi connectivity index (χ0) is 21.9. The van der Waals surface area contributed by atoms with Crippen molar-refractivity contribution in [2.75, 3.05) is 19.0 Å². The van der Waals surface area contributed by atoms with Gasteiger partial charge in [0.25, 0.3) is 0 Å². The summed E-state index contributed by atoms with van der Waals surface area (Å²) in [4.78, 5) is 18.9. The zero-order valence-corrected chi connectivity index (χ0v) is 18.7. The average molecular weight is 434 g/mol. The van der Waals surface area contributed by atoms with E-state index in [1.165, 1.54) is 23.4 Å². The summed E-state index contributed by atoms with van der Waals surface area (Å²) in [5, 5.41) is 6.52. The van der Waals surface area contributed by atoms with Gasteiger partial charge in [-0.2, -0.15) is 0 Å². The van der Waals surface area contributed by atoms with Crippen molar-refractivity contribution in [3.8, 4) is 16.9 Å². The Hall–Kier alpha value is -3.25. The smallest absolute Gasteiger partial charge is 0.127 e. The fourth-order valence-corrected chi connectivity index (χ4v) is 4.22. The van der Waals surface area contributed by atoms with Crippen molar-refractivity contribution < 1.29 is 9.53 Å². The molecule has 160 valence electrons. The molecule has 0 unspecified atom stereocenters. The highest BCUT2D eigenvalue weighted by molar-refractivity contribution is 7.17. The lowest BCUT2D eigenvalue weighted by Gasteiger charge is -2.08. The minimum atomic E-state index is 0.705. The molecule has 0 saturated carbocycles. The Balaban J connectivity index is 0.000000858. The van der Waals surface area contributed by atoms with Crippen molar-refractivity contribution in [1.29, 1.82) is 0 Å². The van der Waals surface area contributed by atoms with Crippen molar-refractivity contribution in [3.05, 3.63) is 72.0 Å². The number of nitrogens with zero attached hydrogens (tertiary/aromatic N) is 2. The van der Waals surface area contributed by atoms with E-state index in [0.29, 0.717) is 6.61 Å². The Morgan fingerprint density at radius 2 is 1.87 bits per heavy atom. The third-order valence-electron chi connectivity index (χ3n) is 4.73. The number of carbonyl (C=O) groups is 1. The molecule has 1 N–H and O–H groups in total. The Morgan fingerprint density at radius 3 is 2.65 bits per heavy atom. The number of fused-ring (bicyclic) bond motifs is 1. The number of unbranched alkanes of at least 4 members (excludes halogenated alkanes) is 1. The molecule has 6 heteroatoms. The van der Waals surface area contributed by atoms with E-state index in [1.54, 1.807) is 17.7 Å². The van der Waals surface area contributed by atoms with Crippen molar-refractivity contribution >= 4 is 33.5 Å². The van der Waals surface area contributed by atoms with Gasteiger partial charge in [0.05, 0.1) is 12.3 Å². The van der Waals surface area contributed by atoms with Crippen LogP contribution >= 0.6 is 11.3 Å². The highest BCUT2D eigenvalue weighted by Crippen LogP contribution is 2.34. The molecule has 0 aliphatic carbocycles. The maximum atomic E-state index is 8.81. The zero-order valence-electron chi connectivity index (χ0n) is 17.9. The molecule has 2 aromatic carbocycles. The summed E-state index contributed by atoms with van der Waals surface area (Å²) in [6.45, 7) is 2.15. The molecule has 4 aromatic rings. The van der Waals surface area contributed by atoms with Gasteiger partial charge in [-0.05, 0) is 43.9 Å². The molecule has 0 bridgehead atoms. The minimum Gasteiger partial charge on any atom is -0.494 e. The van der Waals surface area contributed by atoms with Gasteiger partial charge in [-0.1, -0.05) is 36.4 Å². The molecule has 4 rings (SSSR count). The molecule has 0 saturated heterocycles. The fourth-order valence-electron chi connectivity index (χ4n) is 3.28. The predicted octanol–water partition coefficient (Wildman–Crippen LogP) is 6.01. The summed E-state index contributed by atoms with van der Waals surface area (Å²) in [5.41, 5.74) is 4.64. The minimum absolute atomic E-state index is 0.705. The number of nitrogens with one attached hydrogen (secondary N) is 1. The Morgan fingerprint density at radius 1 is 1.06 bits per heavy atom. The van der Waals surface area contributed by atoms with E-state index in [9.17, 15) is 0 Å². The van der Waals surface area contributed by atoms with Crippen LogP contribution in [0.25, 0.3) is 21.3 Å². The van der Waals surface area contributed by atoms with Gasteiger partial charge in [0, 0.05) is 35.1 Å². The Labute approximate surface area is 187 Å². The first-order valence-corrected chi connectivity index (χ1v) is 11.2. The molecule has 0 amide bonds. The van der Waals surface area contributed by atoms with Crippen LogP contribution in [0, 0.1) is 0 Å². The summed E-state index contributed by atoms with van der Waals surface area (Å²) < 4.78 is 5.88. The largest absolute Gasteiger partial charge is 0.494 e. The third kappa shape index (κ3) is 6.12. The molecule has 2 aromatic heterocycles. The second-order valence-corrected chi connectivity index (χ2v) is 7.69. The highest BCUT2D eigenvalue weighted by Gasteiger charge is 2.12. The standard InChI is InChI=1S/C23H23N3OS.C2H4O/c1-24-18-10-7-11-19(14-18)27-13-6-5-12-21-22-20(17-8-3-2-4-9-17)15-28-23(22)26-16-25-21;1-2-3/h2-4,7-11,14-16,24H,5-6,12-13H2,1H3;2H,1H3. The number of hydrogen-bond acceptors (Lipinski definition) is 6. The summed E-state index contributed by atoms with van der Waals surface area (Å²) in [7, 11) is 1.91. The molecule has 0 fully saturated rings. The van der Waals surface area contributed by atoms with Crippen LogP contribution in [-0.2, 0) is 11.2 Å². The first-order chi connectivity index (χ1) is 15.3. The number of rotatable bonds is 8. The number of ether oxygens (including phenoxy) is 1. The molecule has 31 heavy (non-hydrogen) atoms. The molecule has 0 spiro atoms. The normalized spacial score (nSPS) is 10.3. The average Bonchev–Trinajstić information content (AvgIpc) is 3.25. The van der Waals surface area contributed by atoms with E-state index < -0.39 is 0 Å². The van der Waals surface area contributed by atoms with Gasteiger partial charge in [0.15, 0.2) is 0 Å². The van der Waals surface area contributed by atoms with Gasteiger partial charge in [0.1, 0.15) is 23.2 Å². The third-order valence-corrected chi connectivity index (χ3v) is 5.62. The number of aryl methyl sites for hydroxylation is 1. The molecule has 0 atom stereocenters. The van der Waals surface area contributed by atoms with Crippen LogP contribution < -0.4 is 10.1 Å². The van der Waals surface area contributed by atoms with E-state index in [1.807, 2.05) is 37.4 Å². The van der Waals surface area contributed by atoms with E-state index in [0.717, 1.165) is 47.5 Å². The number of carbonyl (C=O) groups excluding carboxylic acids is 1. The lowest BCUT2D eigenvalue weighted by molar-refractivity contribution is -0.106. The second-order valence-electron chi connectivity index (χ2n) is 6.84. The summed E-state index contributed by atoms with van der Waals surface area (Å²) in [6, 6.07) is 18.5. The van der Waals surface area contributed by atoms with Crippen LogP contribution in [-0.4, -0.2) is 29.9 Å². The molecular weight excluding hydrogens is 406 g/mol. The lowest BCUT2D eigenvalue weighted by Crippen LogP contribution is -2.00. The van der Waals surface area contributed by atoms with Crippen molar-refractivity contribution in [3.63, 3.8) is 0 Å². The maximum Gasteiger partial charge on any atom is 0.127 e.